The Morgan fingerprint density at radius 1 is 1.19 bits per heavy atom. The SMILES string of the molecule is N#Cc1ccc(OC2CCC(NC(=O)c3cnc(N4CCNCC4)cn3)CC2)cc1Cl. The Labute approximate surface area is 186 Å². The van der Waals surface area contributed by atoms with E-state index in [2.05, 4.69) is 25.5 Å². The second kappa shape index (κ2) is 9.94. The number of nitrogens with one attached hydrogen (secondary N) is 2. The van der Waals surface area contributed by atoms with Crippen LogP contribution in [-0.4, -0.2) is 54.2 Å². The summed E-state index contributed by atoms with van der Waals surface area (Å²) in [5.74, 6) is 1.28. The standard InChI is InChI=1S/C22H25ClN6O2/c23-19-11-18(4-1-15(19)12-24)31-17-5-2-16(3-6-17)28-22(30)20-13-27-21(14-26-20)29-9-7-25-8-10-29/h1,4,11,13-14,16-17,25H,2-3,5-10H2,(H,28,30). The normalized spacial score (nSPS) is 21.2. The minimum Gasteiger partial charge on any atom is -0.490 e. The van der Waals surface area contributed by atoms with Crippen molar-refractivity contribution in [2.24, 2.45) is 0 Å². The molecule has 1 aromatic heterocycles. The molecule has 2 heterocycles. The molecular weight excluding hydrogens is 416 g/mol. The molecule has 1 amide bonds. The average molecular weight is 441 g/mol. The lowest BCUT2D eigenvalue weighted by atomic mass is 9.93. The first kappa shape index (κ1) is 21.3. The van der Waals surface area contributed by atoms with Crippen LogP contribution in [0, 0.1) is 11.3 Å². The molecule has 162 valence electrons. The van der Waals surface area contributed by atoms with Crippen LogP contribution in [0.3, 0.4) is 0 Å². The van der Waals surface area contributed by atoms with Crippen molar-refractivity contribution in [3.8, 4) is 11.8 Å². The van der Waals surface area contributed by atoms with Gasteiger partial charge in [0.1, 0.15) is 23.3 Å². The summed E-state index contributed by atoms with van der Waals surface area (Å²) < 4.78 is 6.01. The maximum atomic E-state index is 12.6. The average Bonchev–Trinajstić information content (AvgIpc) is 2.81. The number of carbonyl (C=O) groups excluding carboxylic acids is 1. The zero-order valence-electron chi connectivity index (χ0n) is 17.2. The van der Waals surface area contributed by atoms with Gasteiger partial charge in [-0.15, -0.1) is 0 Å². The fourth-order valence-corrected chi connectivity index (χ4v) is 4.15. The van der Waals surface area contributed by atoms with E-state index in [1.165, 1.54) is 0 Å². The Hall–Kier alpha value is -2.89. The fourth-order valence-electron chi connectivity index (χ4n) is 3.93. The molecule has 4 rings (SSSR count). The summed E-state index contributed by atoms with van der Waals surface area (Å²) in [5, 5.41) is 15.7. The van der Waals surface area contributed by atoms with E-state index >= 15 is 0 Å². The van der Waals surface area contributed by atoms with Gasteiger partial charge < -0.3 is 20.3 Å². The van der Waals surface area contributed by atoms with Crippen LogP contribution in [0.4, 0.5) is 5.82 Å². The Morgan fingerprint density at radius 2 is 1.97 bits per heavy atom. The zero-order chi connectivity index (χ0) is 21.6. The Balaban J connectivity index is 1.25. The van der Waals surface area contributed by atoms with Gasteiger partial charge in [-0.25, -0.2) is 9.97 Å². The van der Waals surface area contributed by atoms with Crippen LogP contribution in [-0.2, 0) is 0 Å². The van der Waals surface area contributed by atoms with Gasteiger partial charge in [0, 0.05) is 38.3 Å². The molecule has 31 heavy (non-hydrogen) atoms. The highest BCUT2D eigenvalue weighted by atomic mass is 35.5. The van der Waals surface area contributed by atoms with Crippen molar-refractivity contribution in [3.05, 3.63) is 46.9 Å². The van der Waals surface area contributed by atoms with Gasteiger partial charge in [0.05, 0.1) is 29.1 Å². The molecule has 2 aromatic rings. The smallest absolute Gasteiger partial charge is 0.271 e. The van der Waals surface area contributed by atoms with E-state index in [0.29, 0.717) is 22.0 Å². The number of rotatable bonds is 5. The van der Waals surface area contributed by atoms with Crippen molar-refractivity contribution in [1.29, 1.82) is 5.26 Å². The fraction of sp³-hybridized carbons (Fsp3) is 0.455. The third-order valence-corrected chi connectivity index (χ3v) is 6.00. The van der Waals surface area contributed by atoms with E-state index in [-0.39, 0.29) is 18.1 Å². The number of carbonyl (C=O) groups is 1. The van der Waals surface area contributed by atoms with Gasteiger partial charge in [0.15, 0.2) is 0 Å². The number of ether oxygens (including phenoxy) is 1. The Morgan fingerprint density at radius 3 is 2.61 bits per heavy atom. The monoisotopic (exact) mass is 440 g/mol. The van der Waals surface area contributed by atoms with Crippen LogP contribution in [0.5, 0.6) is 5.75 Å². The van der Waals surface area contributed by atoms with Crippen molar-refractivity contribution < 1.29 is 9.53 Å². The topological polar surface area (TPSA) is 103 Å². The summed E-state index contributed by atoms with van der Waals surface area (Å²) in [6.45, 7) is 3.63. The molecule has 0 spiro atoms. The van der Waals surface area contributed by atoms with Crippen molar-refractivity contribution >= 4 is 23.3 Å². The number of nitrogens with zero attached hydrogens (tertiary/aromatic N) is 4. The van der Waals surface area contributed by atoms with Gasteiger partial charge in [-0.1, -0.05) is 11.6 Å². The molecule has 0 atom stereocenters. The molecule has 0 unspecified atom stereocenters. The lowest BCUT2D eigenvalue weighted by Gasteiger charge is -2.29. The van der Waals surface area contributed by atoms with Gasteiger partial charge in [-0.05, 0) is 37.8 Å². The zero-order valence-corrected chi connectivity index (χ0v) is 17.9. The van der Waals surface area contributed by atoms with Gasteiger partial charge >= 0.3 is 0 Å². The summed E-state index contributed by atoms with van der Waals surface area (Å²) in [4.78, 5) is 23.5. The van der Waals surface area contributed by atoms with Crippen molar-refractivity contribution in [2.45, 2.75) is 37.8 Å². The van der Waals surface area contributed by atoms with Crippen molar-refractivity contribution in [1.82, 2.24) is 20.6 Å². The molecule has 1 saturated heterocycles. The number of hydrogen-bond donors (Lipinski definition) is 2. The second-order valence-electron chi connectivity index (χ2n) is 7.82. The van der Waals surface area contributed by atoms with E-state index in [9.17, 15) is 4.79 Å². The van der Waals surface area contributed by atoms with E-state index in [1.54, 1.807) is 30.6 Å². The van der Waals surface area contributed by atoms with Crippen LogP contribution in [0.15, 0.2) is 30.6 Å². The first-order valence-corrected chi connectivity index (χ1v) is 10.9. The molecule has 1 aromatic carbocycles. The van der Waals surface area contributed by atoms with E-state index in [4.69, 9.17) is 21.6 Å². The van der Waals surface area contributed by atoms with E-state index < -0.39 is 0 Å². The number of halogens is 1. The largest absolute Gasteiger partial charge is 0.490 e. The molecule has 2 aliphatic rings. The van der Waals surface area contributed by atoms with E-state index in [0.717, 1.165) is 57.7 Å². The highest BCUT2D eigenvalue weighted by molar-refractivity contribution is 6.31. The Kier molecular flexibility index (Phi) is 6.85. The number of piperazine rings is 1. The van der Waals surface area contributed by atoms with Crippen LogP contribution >= 0.6 is 11.6 Å². The molecule has 0 radical (unpaired) electrons. The van der Waals surface area contributed by atoms with Gasteiger partial charge in [-0.2, -0.15) is 5.26 Å². The molecular formula is C22H25ClN6O2. The minimum absolute atomic E-state index is 0.0651. The number of anilines is 1. The number of aromatic nitrogens is 2. The number of benzene rings is 1. The van der Waals surface area contributed by atoms with Crippen molar-refractivity contribution in [3.63, 3.8) is 0 Å². The lowest BCUT2D eigenvalue weighted by molar-refractivity contribution is 0.0888. The molecule has 1 saturated carbocycles. The third-order valence-electron chi connectivity index (χ3n) is 5.69. The summed E-state index contributed by atoms with van der Waals surface area (Å²) in [7, 11) is 0. The molecule has 0 bridgehead atoms. The number of amides is 1. The van der Waals surface area contributed by atoms with Crippen LogP contribution < -0.4 is 20.3 Å². The Bertz CT molecular complexity index is 947. The number of nitriles is 1. The molecule has 1 aliphatic heterocycles. The van der Waals surface area contributed by atoms with Gasteiger partial charge in [0.2, 0.25) is 0 Å². The van der Waals surface area contributed by atoms with Crippen molar-refractivity contribution in [2.75, 3.05) is 31.1 Å². The predicted molar refractivity (Wildman–Crippen MR) is 117 cm³/mol. The highest BCUT2D eigenvalue weighted by Gasteiger charge is 2.25. The quantitative estimate of drug-likeness (QED) is 0.736. The summed E-state index contributed by atoms with van der Waals surface area (Å²) in [6, 6.07) is 7.24. The molecule has 9 heteroatoms. The van der Waals surface area contributed by atoms with Gasteiger partial charge in [0.25, 0.3) is 5.91 Å². The third kappa shape index (κ3) is 5.43. The maximum absolute atomic E-state index is 12.6. The van der Waals surface area contributed by atoms with Crippen LogP contribution in [0.1, 0.15) is 41.7 Å². The van der Waals surface area contributed by atoms with Crippen LogP contribution in [0.25, 0.3) is 0 Å². The number of hydrogen-bond acceptors (Lipinski definition) is 7. The molecule has 2 N–H and O–H groups in total. The molecule has 1 aliphatic carbocycles. The first-order valence-electron chi connectivity index (χ1n) is 10.6. The molecule has 2 fully saturated rings. The summed E-state index contributed by atoms with van der Waals surface area (Å²) in [6.07, 6.45) is 6.60. The first-order chi connectivity index (χ1) is 15.1. The van der Waals surface area contributed by atoms with E-state index in [1.807, 2.05) is 6.07 Å². The summed E-state index contributed by atoms with van der Waals surface area (Å²) >= 11 is 6.07. The minimum atomic E-state index is -0.192. The van der Waals surface area contributed by atoms with Gasteiger partial charge in [-0.3, -0.25) is 4.79 Å². The van der Waals surface area contributed by atoms with Crippen LogP contribution in [0.2, 0.25) is 5.02 Å². The maximum Gasteiger partial charge on any atom is 0.271 e. The molecule has 8 nitrogen and oxygen atoms in total. The second-order valence-corrected chi connectivity index (χ2v) is 8.22. The predicted octanol–water partition coefficient (Wildman–Crippen LogP) is 2.53. The lowest BCUT2D eigenvalue weighted by Crippen LogP contribution is -2.44. The summed E-state index contributed by atoms with van der Waals surface area (Å²) in [5.41, 5.74) is 0.772. The highest BCUT2D eigenvalue weighted by Crippen LogP contribution is 2.27.